The first-order valence-corrected chi connectivity index (χ1v) is 13.8. The average Bonchev–Trinajstić information content (AvgIpc) is 3.48. The summed E-state index contributed by atoms with van der Waals surface area (Å²) in [5.41, 5.74) is 4.55. The molecule has 0 aliphatic carbocycles. The second kappa shape index (κ2) is 11.7. The molecule has 3 aromatic carbocycles. The fraction of sp³-hybridized carbons (Fsp3) is 0.250. The van der Waals surface area contributed by atoms with Gasteiger partial charge in [0.25, 0.3) is 5.91 Å². The number of carbonyl (C=O) groups excluding carboxylic acids is 1. The number of para-hydroxylation sites is 1. The summed E-state index contributed by atoms with van der Waals surface area (Å²) in [6.07, 6.45) is 4.27. The number of rotatable bonds is 8. The molecule has 3 heterocycles. The molecule has 41 heavy (non-hydrogen) atoms. The van der Waals surface area contributed by atoms with Crippen LogP contribution in [-0.4, -0.2) is 77.4 Å². The van der Waals surface area contributed by atoms with Crippen LogP contribution in [0.5, 0.6) is 5.75 Å². The van der Waals surface area contributed by atoms with E-state index in [1.807, 2.05) is 84.7 Å². The van der Waals surface area contributed by atoms with Gasteiger partial charge in [-0.2, -0.15) is 5.10 Å². The number of nitrogens with zero attached hydrogens (tertiary/aromatic N) is 7. The van der Waals surface area contributed by atoms with Crippen molar-refractivity contribution in [3.63, 3.8) is 0 Å². The molecule has 0 unspecified atom stereocenters. The van der Waals surface area contributed by atoms with E-state index < -0.39 is 0 Å². The highest BCUT2D eigenvalue weighted by Crippen LogP contribution is 2.32. The number of fused-ring (bicyclic) bond motifs is 1. The SMILES string of the molecule is COc1ccc(C(=O)N(C)CCc2ccccc2)cc1N1CCN(c2ncnc3c2cnn3-c2ccccc2)CC1. The fourth-order valence-electron chi connectivity index (χ4n) is 5.33. The Hall–Kier alpha value is -4.92. The quantitative estimate of drug-likeness (QED) is 0.284. The Bertz CT molecular complexity index is 1630. The van der Waals surface area contributed by atoms with Crippen molar-refractivity contribution in [2.75, 3.05) is 56.7 Å². The average molecular weight is 548 g/mol. The van der Waals surface area contributed by atoms with E-state index in [0.717, 1.165) is 66.6 Å². The molecule has 0 spiro atoms. The number of aromatic nitrogens is 4. The van der Waals surface area contributed by atoms with Crippen molar-refractivity contribution < 1.29 is 9.53 Å². The second-order valence-corrected chi connectivity index (χ2v) is 10.1. The number of piperazine rings is 1. The van der Waals surface area contributed by atoms with Crippen molar-refractivity contribution in [2.24, 2.45) is 0 Å². The van der Waals surface area contributed by atoms with Crippen LogP contribution in [0.25, 0.3) is 16.7 Å². The molecule has 1 amide bonds. The number of benzene rings is 3. The predicted octanol–water partition coefficient (Wildman–Crippen LogP) is 4.47. The lowest BCUT2D eigenvalue weighted by molar-refractivity contribution is 0.0796. The van der Waals surface area contributed by atoms with Gasteiger partial charge in [0.2, 0.25) is 0 Å². The Morgan fingerprint density at radius 2 is 1.61 bits per heavy atom. The van der Waals surface area contributed by atoms with Gasteiger partial charge < -0.3 is 19.4 Å². The van der Waals surface area contributed by atoms with Gasteiger partial charge >= 0.3 is 0 Å². The first kappa shape index (κ1) is 26.3. The largest absolute Gasteiger partial charge is 0.495 e. The summed E-state index contributed by atoms with van der Waals surface area (Å²) in [4.78, 5) is 28.8. The number of hydrogen-bond donors (Lipinski definition) is 0. The Balaban J connectivity index is 1.16. The van der Waals surface area contributed by atoms with Gasteiger partial charge in [0.1, 0.15) is 17.9 Å². The van der Waals surface area contributed by atoms with E-state index in [0.29, 0.717) is 12.1 Å². The van der Waals surface area contributed by atoms with Crippen LogP contribution in [0.4, 0.5) is 11.5 Å². The lowest BCUT2D eigenvalue weighted by Crippen LogP contribution is -2.47. The first-order chi connectivity index (χ1) is 20.1. The molecular formula is C32H33N7O2. The maximum absolute atomic E-state index is 13.3. The van der Waals surface area contributed by atoms with Crippen molar-refractivity contribution in [2.45, 2.75) is 6.42 Å². The molecule has 0 atom stereocenters. The van der Waals surface area contributed by atoms with Gasteiger partial charge in [0.15, 0.2) is 5.65 Å². The van der Waals surface area contributed by atoms with E-state index >= 15 is 0 Å². The van der Waals surface area contributed by atoms with E-state index in [9.17, 15) is 4.79 Å². The molecule has 5 aromatic rings. The zero-order valence-electron chi connectivity index (χ0n) is 23.3. The van der Waals surface area contributed by atoms with E-state index in [-0.39, 0.29) is 5.91 Å². The summed E-state index contributed by atoms with van der Waals surface area (Å²) >= 11 is 0. The lowest BCUT2D eigenvalue weighted by Gasteiger charge is -2.37. The highest BCUT2D eigenvalue weighted by Gasteiger charge is 2.24. The van der Waals surface area contributed by atoms with Crippen LogP contribution in [0, 0.1) is 0 Å². The fourth-order valence-corrected chi connectivity index (χ4v) is 5.33. The topological polar surface area (TPSA) is 79.6 Å². The maximum atomic E-state index is 13.3. The van der Waals surface area contributed by atoms with Gasteiger partial charge in [0.05, 0.1) is 30.1 Å². The van der Waals surface area contributed by atoms with E-state index in [4.69, 9.17) is 4.74 Å². The van der Waals surface area contributed by atoms with E-state index in [2.05, 4.69) is 37.0 Å². The third-order valence-corrected chi connectivity index (χ3v) is 7.62. The van der Waals surface area contributed by atoms with Crippen LogP contribution in [0.2, 0.25) is 0 Å². The number of anilines is 2. The molecule has 9 heteroatoms. The van der Waals surface area contributed by atoms with Gasteiger partial charge in [-0.1, -0.05) is 48.5 Å². The number of likely N-dealkylation sites (N-methyl/N-ethyl adjacent to an activating group) is 1. The Labute approximate surface area is 239 Å². The highest BCUT2D eigenvalue weighted by molar-refractivity contribution is 5.95. The molecule has 1 fully saturated rings. The number of carbonyl (C=O) groups is 1. The third kappa shape index (κ3) is 5.43. The van der Waals surface area contributed by atoms with Gasteiger partial charge in [0, 0.05) is 45.3 Å². The Kier molecular flexibility index (Phi) is 7.49. The minimum Gasteiger partial charge on any atom is -0.495 e. The van der Waals surface area contributed by atoms with E-state index in [1.54, 1.807) is 18.3 Å². The number of ether oxygens (including phenoxy) is 1. The molecule has 208 valence electrons. The molecular weight excluding hydrogens is 514 g/mol. The molecule has 0 bridgehead atoms. The van der Waals surface area contributed by atoms with E-state index in [1.165, 1.54) is 5.56 Å². The standard InChI is InChI=1S/C32H33N7O2/c1-36(16-15-24-9-5-3-6-10-24)32(40)25-13-14-29(41-2)28(21-25)37-17-19-38(20-18-37)30-27-22-35-39(31(27)34-23-33-30)26-11-7-4-8-12-26/h3-14,21-23H,15-20H2,1-2H3. The molecule has 1 aliphatic heterocycles. The van der Waals surface area contributed by atoms with Crippen LogP contribution in [-0.2, 0) is 6.42 Å². The molecule has 0 N–H and O–H groups in total. The molecule has 2 aromatic heterocycles. The minimum atomic E-state index is 0.00211. The van der Waals surface area contributed by atoms with Gasteiger partial charge in [-0.05, 0) is 42.3 Å². The zero-order chi connectivity index (χ0) is 28.2. The maximum Gasteiger partial charge on any atom is 0.253 e. The van der Waals surface area contributed by atoms with Gasteiger partial charge in [-0.25, -0.2) is 14.6 Å². The van der Waals surface area contributed by atoms with Crippen molar-refractivity contribution >= 4 is 28.4 Å². The molecule has 1 aliphatic rings. The van der Waals surface area contributed by atoms with Crippen LogP contribution < -0.4 is 14.5 Å². The summed E-state index contributed by atoms with van der Waals surface area (Å²) in [7, 11) is 3.53. The molecule has 0 radical (unpaired) electrons. The molecule has 1 saturated heterocycles. The molecule has 6 rings (SSSR count). The summed E-state index contributed by atoms with van der Waals surface area (Å²) in [5.74, 6) is 1.64. The van der Waals surface area contributed by atoms with Crippen molar-refractivity contribution in [3.05, 3.63) is 103 Å². The van der Waals surface area contributed by atoms with Crippen LogP contribution in [0.15, 0.2) is 91.4 Å². The lowest BCUT2D eigenvalue weighted by atomic mass is 10.1. The number of amides is 1. The molecule has 0 saturated carbocycles. The summed E-state index contributed by atoms with van der Waals surface area (Å²) < 4.78 is 7.55. The van der Waals surface area contributed by atoms with Crippen molar-refractivity contribution in [1.82, 2.24) is 24.6 Å². The first-order valence-electron chi connectivity index (χ1n) is 13.8. The second-order valence-electron chi connectivity index (χ2n) is 10.1. The van der Waals surface area contributed by atoms with Crippen molar-refractivity contribution in [1.29, 1.82) is 0 Å². The Morgan fingerprint density at radius 1 is 0.902 bits per heavy atom. The van der Waals surface area contributed by atoms with Crippen LogP contribution in [0.3, 0.4) is 0 Å². The van der Waals surface area contributed by atoms with Crippen molar-refractivity contribution in [3.8, 4) is 11.4 Å². The molecule has 9 nitrogen and oxygen atoms in total. The highest BCUT2D eigenvalue weighted by atomic mass is 16.5. The van der Waals surface area contributed by atoms with Gasteiger partial charge in [-0.15, -0.1) is 0 Å². The summed E-state index contributed by atoms with van der Waals surface area (Å²) in [5, 5.41) is 5.53. The minimum absolute atomic E-state index is 0.00211. The smallest absolute Gasteiger partial charge is 0.253 e. The monoisotopic (exact) mass is 547 g/mol. The van der Waals surface area contributed by atoms with Gasteiger partial charge in [-0.3, -0.25) is 4.79 Å². The predicted molar refractivity (Wildman–Crippen MR) is 161 cm³/mol. The third-order valence-electron chi connectivity index (χ3n) is 7.62. The zero-order valence-corrected chi connectivity index (χ0v) is 23.3. The summed E-state index contributed by atoms with van der Waals surface area (Å²) in [6.45, 7) is 3.70. The Morgan fingerprint density at radius 3 is 2.34 bits per heavy atom. The summed E-state index contributed by atoms with van der Waals surface area (Å²) in [6, 6.07) is 25.9. The van der Waals surface area contributed by atoms with Crippen LogP contribution >= 0.6 is 0 Å². The number of methoxy groups -OCH3 is 1. The van der Waals surface area contributed by atoms with Crippen LogP contribution in [0.1, 0.15) is 15.9 Å². The number of hydrogen-bond acceptors (Lipinski definition) is 7. The normalized spacial score (nSPS) is 13.4.